The molecule has 0 aromatic carbocycles. The third-order valence-electron chi connectivity index (χ3n) is 4.78. The van der Waals surface area contributed by atoms with Crippen LogP contribution in [0.2, 0.25) is 0 Å². The molecule has 0 bridgehead atoms. The van der Waals surface area contributed by atoms with E-state index in [1.807, 2.05) is 9.80 Å². The van der Waals surface area contributed by atoms with Gasteiger partial charge in [0.05, 0.1) is 6.04 Å². The Morgan fingerprint density at radius 3 is 2.27 bits per heavy atom. The maximum atomic E-state index is 12.3. The molecule has 124 valence electrons. The van der Waals surface area contributed by atoms with Crippen LogP contribution in [0.25, 0.3) is 0 Å². The third-order valence-corrected chi connectivity index (χ3v) is 4.78. The zero-order valence-electron chi connectivity index (χ0n) is 13.2. The number of primary amides is 1. The van der Waals surface area contributed by atoms with Gasteiger partial charge in [-0.15, -0.1) is 0 Å². The maximum absolute atomic E-state index is 12.3. The molecule has 0 spiro atoms. The second kappa shape index (κ2) is 7.58. The van der Waals surface area contributed by atoms with E-state index in [-0.39, 0.29) is 5.91 Å². The first-order chi connectivity index (χ1) is 10.5. The molecule has 0 aromatic rings. The van der Waals surface area contributed by atoms with E-state index < -0.39 is 18.0 Å². The van der Waals surface area contributed by atoms with E-state index in [2.05, 4.69) is 5.32 Å². The Morgan fingerprint density at radius 1 is 1.14 bits per heavy atom. The van der Waals surface area contributed by atoms with Crippen LogP contribution in [0.5, 0.6) is 0 Å². The quantitative estimate of drug-likeness (QED) is 0.780. The third kappa shape index (κ3) is 4.43. The van der Waals surface area contributed by atoms with E-state index in [0.717, 1.165) is 0 Å². The summed E-state index contributed by atoms with van der Waals surface area (Å²) in [7, 11) is 0. The predicted molar refractivity (Wildman–Crippen MR) is 81.9 cm³/mol. The van der Waals surface area contributed by atoms with Crippen LogP contribution < -0.4 is 11.1 Å². The van der Waals surface area contributed by atoms with Crippen molar-refractivity contribution in [3.05, 3.63) is 0 Å². The number of imide groups is 1. The van der Waals surface area contributed by atoms with Gasteiger partial charge in [-0.25, -0.2) is 4.79 Å². The first-order valence-corrected chi connectivity index (χ1v) is 8.09. The van der Waals surface area contributed by atoms with Crippen LogP contribution >= 0.6 is 0 Å². The fourth-order valence-corrected chi connectivity index (χ4v) is 3.34. The molecule has 1 aliphatic carbocycles. The highest BCUT2D eigenvalue weighted by Gasteiger charge is 2.29. The lowest BCUT2D eigenvalue weighted by Gasteiger charge is -2.37. The van der Waals surface area contributed by atoms with Crippen molar-refractivity contribution in [2.75, 3.05) is 26.2 Å². The number of piperazine rings is 1. The minimum absolute atomic E-state index is 0.237. The summed E-state index contributed by atoms with van der Waals surface area (Å²) in [5, 5.41) is 2.10. The summed E-state index contributed by atoms with van der Waals surface area (Å²) >= 11 is 0. The summed E-state index contributed by atoms with van der Waals surface area (Å²) in [6.45, 7) is 4.31. The second-order valence-corrected chi connectivity index (χ2v) is 6.30. The number of rotatable bonds is 4. The molecule has 0 radical (unpaired) electrons. The van der Waals surface area contributed by atoms with Gasteiger partial charge in [-0.2, -0.15) is 0 Å². The number of carbonyl (C=O) groups excluding carboxylic acids is 3. The van der Waals surface area contributed by atoms with Gasteiger partial charge >= 0.3 is 6.03 Å². The molecule has 0 unspecified atom stereocenters. The molecule has 3 N–H and O–H groups in total. The smallest absolute Gasteiger partial charge is 0.318 e. The number of amides is 4. The maximum Gasteiger partial charge on any atom is 0.318 e. The minimum atomic E-state index is -0.831. The number of hydrogen-bond acceptors (Lipinski definition) is 4. The summed E-state index contributed by atoms with van der Waals surface area (Å²) < 4.78 is 0. The van der Waals surface area contributed by atoms with Crippen molar-refractivity contribution in [1.29, 1.82) is 0 Å². The van der Waals surface area contributed by atoms with Crippen molar-refractivity contribution in [3.8, 4) is 0 Å². The van der Waals surface area contributed by atoms with Crippen molar-refractivity contribution >= 4 is 17.8 Å². The highest BCUT2D eigenvalue weighted by atomic mass is 16.2. The van der Waals surface area contributed by atoms with Gasteiger partial charge in [-0.1, -0.05) is 12.8 Å². The molecular weight excluding hydrogens is 284 g/mol. The number of hydrogen-bond donors (Lipinski definition) is 2. The summed E-state index contributed by atoms with van der Waals surface area (Å²) in [5.74, 6) is 0.407. The van der Waals surface area contributed by atoms with Crippen molar-refractivity contribution < 1.29 is 14.4 Å². The fourth-order valence-electron chi connectivity index (χ4n) is 3.34. The average molecular weight is 310 g/mol. The summed E-state index contributed by atoms with van der Waals surface area (Å²) in [4.78, 5) is 38.6. The highest BCUT2D eigenvalue weighted by Crippen LogP contribution is 2.28. The molecule has 1 saturated heterocycles. The number of urea groups is 1. The number of nitrogens with two attached hydrogens (primary N) is 1. The Balaban J connectivity index is 1.75. The Kier molecular flexibility index (Phi) is 5.76. The van der Waals surface area contributed by atoms with E-state index >= 15 is 0 Å². The molecule has 2 aliphatic rings. The molecular formula is C15H26N4O3. The first kappa shape index (κ1) is 16.7. The average Bonchev–Trinajstić information content (AvgIpc) is 2.98. The van der Waals surface area contributed by atoms with Gasteiger partial charge < -0.3 is 10.6 Å². The summed E-state index contributed by atoms with van der Waals surface area (Å²) in [6, 6.07) is -1.25. The molecule has 1 heterocycles. The largest absolute Gasteiger partial charge is 0.351 e. The Labute approximate surface area is 131 Å². The van der Waals surface area contributed by atoms with Gasteiger partial charge in [0.15, 0.2) is 0 Å². The molecule has 7 heteroatoms. The van der Waals surface area contributed by atoms with E-state index in [9.17, 15) is 14.4 Å². The number of nitrogens with zero attached hydrogens (tertiary/aromatic N) is 2. The van der Waals surface area contributed by atoms with Crippen LogP contribution in [0.3, 0.4) is 0 Å². The van der Waals surface area contributed by atoms with Gasteiger partial charge in [0, 0.05) is 32.6 Å². The van der Waals surface area contributed by atoms with Gasteiger partial charge in [0.25, 0.3) is 0 Å². The fraction of sp³-hybridized carbons (Fsp3) is 0.800. The van der Waals surface area contributed by atoms with Crippen molar-refractivity contribution in [2.45, 2.75) is 45.1 Å². The summed E-state index contributed by atoms with van der Waals surface area (Å²) in [6.07, 6.45) is 5.51. The van der Waals surface area contributed by atoms with Crippen LogP contribution in [0.1, 0.15) is 39.0 Å². The van der Waals surface area contributed by atoms with Crippen molar-refractivity contribution in [2.24, 2.45) is 11.7 Å². The standard InChI is InChI=1S/C15H26N4O3/c1-11(14(21)17-15(16)22)18-6-8-19(9-7-18)13(20)10-12-4-2-3-5-12/h11-12H,2-10H2,1H3,(H3,16,17,21,22)/t11-/m0/s1. The van der Waals surface area contributed by atoms with Crippen LogP contribution in [-0.4, -0.2) is 59.9 Å². The van der Waals surface area contributed by atoms with Crippen molar-refractivity contribution in [3.63, 3.8) is 0 Å². The minimum Gasteiger partial charge on any atom is -0.351 e. The molecule has 22 heavy (non-hydrogen) atoms. The van der Waals surface area contributed by atoms with Crippen molar-refractivity contribution in [1.82, 2.24) is 15.1 Å². The zero-order chi connectivity index (χ0) is 16.1. The lowest BCUT2D eigenvalue weighted by molar-refractivity contribution is -0.135. The molecule has 2 rings (SSSR count). The zero-order valence-corrected chi connectivity index (χ0v) is 13.2. The summed E-state index contributed by atoms with van der Waals surface area (Å²) in [5.41, 5.74) is 4.96. The van der Waals surface area contributed by atoms with Crippen LogP contribution in [0.4, 0.5) is 4.79 Å². The topological polar surface area (TPSA) is 95.7 Å². The Morgan fingerprint density at radius 2 is 1.73 bits per heavy atom. The predicted octanol–water partition coefficient (Wildman–Crippen LogP) is 0.294. The molecule has 2 fully saturated rings. The molecule has 1 aliphatic heterocycles. The van der Waals surface area contributed by atoms with E-state index in [0.29, 0.717) is 38.5 Å². The molecule has 7 nitrogen and oxygen atoms in total. The lowest BCUT2D eigenvalue weighted by Crippen LogP contribution is -2.56. The Bertz CT molecular complexity index is 427. The molecule has 4 amide bonds. The van der Waals surface area contributed by atoms with Gasteiger partial charge in [-0.3, -0.25) is 19.8 Å². The molecule has 0 aromatic heterocycles. The van der Waals surface area contributed by atoms with E-state index in [4.69, 9.17) is 5.73 Å². The number of nitrogens with one attached hydrogen (secondary N) is 1. The van der Waals surface area contributed by atoms with Gasteiger partial charge in [-0.05, 0) is 25.7 Å². The molecule has 1 atom stereocenters. The van der Waals surface area contributed by atoms with Crippen LogP contribution in [0.15, 0.2) is 0 Å². The van der Waals surface area contributed by atoms with E-state index in [1.54, 1.807) is 6.92 Å². The van der Waals surface area contributed by atoms with Crippen LogP contribution in [-0.2, 0) is 9.59 Å². The van der Waals surface area contributed by atoms with Gasteiger partial charge in [0.2, 0.25) is 11.8 Å². The highest BCUT2D eigenvalue weighted by molar-refractivity contribution is 5.96. The van der Waals surface area contributed by atoms with Gasteiger partial charge in [0.1, 0.15) is 0 Å². The lowest BCUT2D eigenvalue weighted by atomic mass is 10.0. The monoisotopic (exact) mass is 310 g/mol. The van der Waals surface area contributed by atoms with E-state index in [1.165, 1.54) is 25.7 Å². The second-order valence-electron chi connectivity index (χ2n) is 6.30. The number of carbonyl (C=O) groups is 3. The van der Waals surface area contributed by atoms with Crippen LogP contribution in [0, 0.1) is 5.92 Å². The molecule has 1 saturated carbocycles. The Hall–Kier alpha value is -1.63. The normalized spacial score (nSPS) is 21.6. The SMILES string of the molecule is C[C@@H](C(=O)NC(N)=O)N1CCN(C(=O)CC2CCCC2)CC1. The first-order valence-electron chi connectivity index (χ1n) is 8.09.